The van der Waals surface area contributed by atoms with Crippen LogP contribution in [0, 0.1) is 17.5 Å². The van der Waals surface area contributed by atoms with Crippen molar-refractivity contribution in [3.8, 4) is 0 Å². The number of Topliss-reactive ketones (excluding diaryl/α,β-unsaturated/α-hetero) is 1. The molecule has 30 heteroatoms. The van der Waals surface area contributed by atoms with E-state index in [-0.39, 0.29) is 57.4 Å². The van der Waals surface area contributed by atoms with Crippen LogP contribution in [0.15, 0.2) is 242 Å². The van der Waals surface area contributed by atoms with E-state index in [4.69, 9.17) is 100 Å². The highest BCUT2D eigenvalue weighted by atomic mass is 79.9. The summed E-state index contributed by atoms with van der Waals surface area (Å²) in [6.45, 7) is 1.55. The van der Waals surface area contributed by atoms with Crippen LogP contribution in [-0.4, -0.2) is 107 Å². The molecule has 7 aromatic carbocycles. The van der Waals surface area contributed by atoms with Crippen LogP contribution in [0.4, 0.5) is 13.2 Å². The van der Waals surface area contributed by atoms with Crippen LogP contribution >= 0.6 is 85.5 Å². The fourth-order valence-electron chi connectivity index (χ4n) is 11.8. The Labute approximate surface area is 738 Å². The van der Waals surface area contributed by atoms with E-state index >= 15 is 0 Å². The Kier molecular flexibility index (Phi) is 37.9. The van der Waals surface area contributed by atoms with Gasteiger partial charge in [-0.3, -0.25) is 4.79 Å². The maximum atomic E-state index is 13.3. The van der Waals surface area contributed by atoms with Crippen LogP contribution in [0.5, 0.6) is 0 Å². The summed E-state index contributed by atoms with van der Waals surface area (Å²) in [5.41, 5.74) is 15.7. The van der Waals surface area contributed by atoms with Crippen LogP contribution in [0.25, 0.3) is 0 Å². The fourth-order valence-corrected chi connectivity index (χ4v) is 13.3. The summed E-state index contributed by atoms with van der Waals surface area (Å²) in [5, 5.41) is 56.1. The van der Waals surface area contributed by atoms with E-state index in [0.717, 1.165) is 135 Å². The van der Waals surface area contributed by atoms with Gasteiger partial charge in [0.15, 0.2) is 5.78 Å². The highest BCUT2D eigenvalue weighted by molar-refractivity contribution is 9.10. The Bertz CT molecular complexity index is 5460. The van der Waals surface area contributed by atoms with Crippen molar-refractivity contribution < 1.29 is 77.4 Å². The number of ketones is 1. The van der Waals surface area contributed by atoms with Crippen molar-refractivity contribution in [3.63, 3.8) is 0 Å². The Morgan fingerprint density at radius 3 is 0.893 bits per heavy atom. The SMILES string of the molecule is CC(=O)c1cc(CCc2ccc(Cl)cc2Cl)c[nH]1.O=C(O)c1cc(CCc2ccc(Br)cc2)c[nH]1.O=C(O)c1cc(CCc2ccc(Cl)c(Cl)c2)c[nH]1.O=C(O)c1cc(CCc2ccc(Cl)cc2)c[nH]1.O=C(O)c1cc(CCc2ccc(F)cc2)c[nH]1.O=C(O)c1cc(CCc2ccc(F)cc2Cl)c[nH]1.O=C(O)c1cc(CCc2ccccc2F)c[nH]1. The summed E-state index contributed by atoms with van der Waals surface area (Å²) in [5.74, 6) is -6.51. The molecule has 0 aliphatic rings. The van der Waals surface area contributed by atoms with Gasteiger partial charge in [-0.25, -0.2) is 41.9 Å². The Hall–Kier alpha value is -12.0. The van der Waals surface area contributed by atoms with Gasteiger partial charge >= 0.3 is 35.8 Å². The molecule has 0 saturated carbocycles. The van der Waals surface area contributed by atoms with Crippen LogP contribution in [0.2, 0.25) is 30.1 Å². The maximum absolute atomic E-state index is 13.3. The molecule has 20 nitrogen and oxygen atoms in total. The molecule has 634 valence electrons. The number of nitrogens with one attached hydrogen (secondary N) is 7. The van der Waals surface area contributed by atoms with Gasteiger partial charge in [0, 0.05) is 74.9 Å². The van der Waals surface area contributed by atoms with Crippen LogP contribution in [-0.2, 0) is 89.9 Å². The molecular weight excluding hydrogens is 1760 g/mol. The van der Waals surface area contributed by atoms with E-state index in [1.165, 1.54) is 41.5 Å². The summed E-state index contributed by atoms with van der Waals surface area (Å²) in [6.07, 6.45) is 22.6. The average Bonchev–Trinajstić information content (AvgIpc) is 1.82. The van der Waals surface area contributed by atoms with Gasteiger partial charge in [0.1, 0.15) is 51.6 Å². The molecule has 0 unspecified atom stereocenters. The van der Waals surface area contributed by atoms with Crippen molar-refractivity contribution in [1.29, 1.82) is 0 Å². The highest BCUT2D eigenvalue weighted by Gasteiger charge is 2.15. The van der Waals surface area contributed by atoms with Crippen LogP contribution in [0.3, 0.4) is 0 Å². The third-order valence-corrected chi connectivity index (χ3v) is 21.0. The number of aromatic amines is 7. The lowest BCUT2D eigenvalue weighted by Crippen LogP contribution is -1.95. The molecule has 14 rings (SSSR count). The normalized spacial score (nSPS) is 10.5. The second-order valence-corrected chi connectivity index (χ2v) is 30.9. The molecule has 0 radical (unpaired) electrons. The van der Waals surface area contributed by atoms with Crippen molar-refractivity contribution in [2.24, 2.45) is 0 Å². The first-order valence-electron chi connectivity index (χ1n) is 37.7. The Balaban J connectivity index is 0.000000177. The molecule has 0 amide bonds. The van der Waals surface area contributed by atoms with E-state index in [1.54, 1.807) is 129 Å². The quantitative estimate of drug-likeness (QED) is 0.0203. The summed E-state index contributed by atoms with van der Waals surface area (Å²) in [4.78, 5) is 94.4. The van der Waals surface area contributed by atoms with Gasteiger partial charge in [-0.05, 0) is 289 Å². The van der Waals surface area contributed by atoms with Gasteiger partial charge in [0.2, 0.25) is 0 Å². The zero-order valence-electron chi connectivity index (χ0n) is 65.2. The average molecular weight is 1840 g/mol. The van der Waals surface area contributed by atoms with E-state index in [2.05, 4.69) is 63.0 Å². The minimum absolute atomic E-state index is 0.0470. The van der Waals surface area contributed by atoms with Gasteiger partial charge in [0.05, 0.1) is 15.7 Å². The number of carbonyl (C=O) groups excluding carboxylic acids is 1. The number of carbonyl (C=O) groups is 7. The lowest BCUT2D eigenvalue weighted by atomic mass is 10.1. The number of carboxylic acids is 6. The number of carboxylic acid groups (broad SMARTS) is 6. The zero-order valence-corrected chi connectivity index (χ0v) is 71.4. The summed E-state index contributed by atoms with van der Waals surface area (Å²) < 4.78 is 39.9. The van der Waals surface area contributed by atoms with E-state index < -0.39 is 35.8 Å². The van der Waals surface area contributed by atoms with Crippen molar-refractivity contribution in [3.05, 3.63) is 407 Å². The minimum atomic E-state index is -0.985. The highest BCUT2D eigenvalue weighted by Crippen LogP contribution is 2.27. The first-order valence-corrected chi connectivity index (χ1v) is 40.8. The second-order valence-electron chi connectivity index (χ2n) is 27.5. The van der Waals surface area contributed by atoms with Gasteiger partial charge in [-0.15, -0.1) is 0 Å². The van der Waals surface area contributed by atoms with Crippen LogP contribution < -0.4 is 0 Å². The molecule has 0 fully saturated rings. The zero-order chi connectivity index (χ0) is 88.4. The standard InChI is InChI=1S/C14H13Cl2NO.C13H12BrNO2.C13H11Cl2NO2.C13H11ClFNO2.C13H12ClNO2.2C13H12FNO2/c1-9(18)14-6-10(8-17-14)2-3-11-4-5-12(15)7-13(11)16;14-11-5-3-9(4-6-11)1-2-10-7-12(13(16)17)15-8-10;14-10-4-3-8(5-11(10)15)1-2-9-6-12(13(17)18)16-7-9;14-11-6-10(15)4-3-9(11)2-1-8-5-12(13(17)18)16-7-8;2*14-11-5-3-9(4-6-11)1-2-10-7-12(13(16)17)15-8-10;14-11-4-2-1-3-10(11)6-5-9-7-12(13(16)17)15-8-9/h4-8,17H,2-3H2,1H3;3-8,15H,1-2H2,(H,16,17);2*3-7,16H,1-2H2,(H,17,18);2*3-8,15H,1-2H2,(H,16,17);1-4,7-8,15H,5-6H2,(H,16,17). The van der Waals surface area contributed by atoms with Gasteiger partial charge in [-0.1, -0.05) is 158 Å². The molecule has 0 aliphatic carbocycles. The lowest BCUT2D eigenvalue weighted by molar-refractivity contribution is 0.0680. The number of aromatic nitrogens is 7. The van der Waals surface area contributed by atoms with E-state index in [1.807, 2.05) is 72.9 Å². The predicted molar refractivity (Wildman–Crippen MR) is 472 cm³/mol. The second kappa shape index (κ2) is 48.4. The smallest absolute Gasteiger partial charge is 0.352 e. The number of hydrogen-bond acceptors (Lipinski definition) is 7. The van der Waals surface area contributed by atoms with Gasteiger partial charge < -0.3 is 65.5 Å². The number of benzene rings is 7. The van der Waals surface area contributed by atoms with E-state index in [0.29, 0.717) is 62.1 Å². The first kappa shape index (κ1) is 95.5. The predicted octanol–water partition coefficient (Wildman–Crippen LogP) is 23.1. The number of aromatic carboxylic acids is 6. The molecule has 122 heavy (non-hydrogen) atoms. The van der Waals surface area contributed by atoms with Crippen molar-refractivity contribution in [1.82, 2.24) is 34.9 Å². The van der Waals surface area contributed by atoms with Crippen molar-refractivity contribution in [2.75, 3.05) is 0 Å². The molecule has 0 atom stereocenters. The van der Waals surface area contributed by atoms with Gasteiger partial charge in [0.25, 0.3) is 0 Å². The van der Waals surface area contributed by atoms with E-state index in [9.17, 15) is 46.7 Å². The first-order chi connectivity index (χ1) is 58.3. The maximum Gasteiger partial charge on any atom is 0.352 e. The molecule has 0 spiro atoms. The van der Waals surface area contributed by atoms with Gasteiger partial charge in [-0.2, -0.15) is 0 Å². The minimum Gasteiger partial charge on any atom is -0.477 e. The number of hydrogen-bond donors (Lipinski definition) is 13. The molecule has 7 aromatic heterocycles. The fraction of sp³-hybridized carbons (Fsp3) is 0.163. The molecule has 13 N–H and O–H groups in total. The topological polar surface area (TPSA) is 351 Å². The summed E-state index contributed by atoms with van der Waals surface area (Å²) in [7, 11) is 0. The number of H-pyrrole nitrogens is 7. The largest absolute Gasteiger partial charge is 0.477 e. The molecule has 0 aliphatic heterocycles. The molecule has 0 bridgehead atoms. The molecule has 7 heterocycles. The third-order valence-electron chi connectivity index (χ3n) is 18.5. The summed E-state index contributed by atoms with van der Waals surface area (Å²) in [6, 6.07) is 55.7. The van der Waals surface area contributed by atoms with Crippen molar-refractivity contribution >= 4 is 127 Å². The monoisotopic (exact) mass is 1840 g/mol. The number of rotatable bonds is 28. The van der Waals surface area contributed by atoms with Crippen molar-refractivity contribution in [2.45, 2.75) is 96.8 Å². The lowest BCUT2D eigenvalue weighted by Gasteiger charge is -2.03. The Morgan fingerprint density at radius 1 is 0.270 bits per heavy atom. The number of halogens is 10. The third kappa shape index (κ3) is 32.9. The van der Waals surface area contributed by atoms with Crippen LogP contribution in [0.1, 0.15) is 158 Å². The molecule has 14 aromatic rings. The molecule has 0 saturated heterocycles. The Morgan fingerprint density at radius 2 is 0.557 bits per heavy atom. The number of aryl methyl sites for hydroxylation is 14. The summed E-state index contributed by atoms with van der Waals surface area (Å²) >= 11 is 38.8. The molecular formula is C92H83BrCl6F3N7O13.